The summed E-state index contributed by atoms with van der Waals surface area (Å²) in [6.45, 7) is 5.25. The predicted molar refractivity (Wildman–Crippen MR) is 148 cm³/mol. The second-order valence-electron chi connectivity index (χ2n) is 11.0. The summed E-state index contributed by atoms with van der Waals surface area (Å²) < 4.78 is 39.4. The van der Waals surface area contributed by atoms with E-state index in [1.54, 1.807) is 33.0 Å². The van der Waals surface area contributed by atoms with Crippen LogP contribution < -0.4 is 5.32 Å². The van der Waals surface area contributed by atoms with Gasteiger partial charge in [0.25, 0.3) is 0 Å². The highest BCUT2D eigenvalue weighted by atomic mass is 32.2. The van der Waals surface area contributed by atoms with Crippen molar-refractivity contribution in [2.24, 2.45) is 0 Å². The number of nitrogens with zero attached hydrogens (tertiary/aromatic N) is 2. The number of aliphatic hydroxyl groups is 1. The first-order valence-corrected chi connectivity index (χ1v) is 14.9. The summed E-state index contributed by atoms with van der Waals surface area (Å²) in [4.78, 5) is 21.2. The Labute approximate surface area is 229 Å². The summed E-state index contributed by atoms with van der Waals surface area (Å²) in [5.41, 5.74) is -0.144. The van der Waals surface area contributed by atoms with Crippen LogP contribution in [-0.4, -0.2) is 58.9 Å². The standard InChI is InChI=1S/C29H37N3O6S/c1-29(2,3)38-28(34)32-25(17-20-9-5-4-6-10-20)26(33)19-27(37-21-11-7-8-12-21)39(35,36)22-13-14-23-24(18-22)31-16-15-30-23/h4-6,9-10,13-16,18,21,25-27,33H,7-8,11-12,17,19H2,1-3H3,(H,32,34). The Kier molecular flexibility index (Phi) is 9.19. The molecule has 39 heavy (non-hydrogen) atoms. The molecule has 2 aromatic carbocycles. The minimum absolute atomic E-state index is 0.0467. The molecule has 0 saturated heterocycles. The van der Waals surface area contributed by atoms with Gasteiger partial charge in [-0.2, -0.15) is 0 Å². The number of amides is 1. The van der Waals surface area contributed by atoms with Crippen LogP contribution in [0.3, 0.4) is 0 Å². The summed E-state index contributed by atoms with van der Waals surface area (Å²) >= 11 is 0. The van der Waals surface area contributed by atoms with Crippen LogP contribution in [-0.2, 0) is 25.7 Å². The number of rotatable bonds is 10. The van der Waals surface area contributed by atoms with Crippen LogP contribution in [0.2, 0.25) is 0 Å². The Balaban J connectivity index is 1.61. The topological polar surface area (TPSA) is 128 Å². The van der Waals surface area contributed by atoms with Gasteiger partial charge in [-0.05, 0) is 63.8 Å². The Bertz CT molecular complexity index is 1350. The fourth-order valence-corrected chi connectivity index (χ4v) is 6.33. The average molecular weight is 556 g/mol. The van der Waals surface area contributed by atoms with Gasteiger partial charge in [0.2, 0.25) is 9.84 Å². The molecule has 2 N–H and O–H groups in total. The highest BCUT2D eigenvalue weighted by Gasteiger charge is 2.37. The lowest BCUT2D eigenvalue weighted by atomic mass is 9.99. The van der Waals surface area contributed by atoms with Gasteiger partial charge < -0.3 is 19.9 Å². The lowest BCUT2D eigenvalue weighted by molar-refractivity contribution is -0.00256. The Morgan fingerprint density at radius 2 is 1.72 bits per heavy atom. The van der Waals surface area contributed by atoms with Crippen LogP contribution >= 0.6 is 0 Å². The van der Waals surface area contributed by atoms with Crippen LogP contribution in [0, 0.1) is 0 Å². The van der Waals surface area contributed by atoms with Crippen LogP contribution in [0.25, 0.3) is 11.0 Å². The summed E-state index contributed by atoms with van der Waals surface area (Å²) in [7, 11) is -4.03. The summed E-state index contributed by atoms with van der Waals surface area (Å²) in [5.74, 6) is 0. The highest BCUT2D eigenvalue weighted by molar-refractivity contribution is 7.92. The second-order valence-corrected chi connectivity index (χ2v) is 13.1. The number of carbonyl (C=O) groups is 1. The molecule has 3 unspecified atom stereocenters. The molecule has 3 atom stereocenters. The Morgan fingerprint density at radius 1 is 1.05 bits per heavy atom. The molecule has 1 aliphatic rings. The molecule has 0 bridgehead atoms. The number of benzene rings is 2. The maximum absolute atomic E-state index is 13.9. The summed E-state index contributed by atoms with van der Waals surface area (Å²) in [6.07, 6.45) is 4.39. The van der Waals surface area contributed by atoms with Gasteiger partial charge in [0.1, 0.15) is 5.60 Å². The molecule has 9 nitrogen and oxygen atoms in total. The third-order valence-corrected chi connectivity index (χ3v) is 8.57. The largest absolute Gasteiger partial charge is 0.444 e. The van der Waals surface area contributed by atoms with E-state index in [0.717, 1.165) is 31.2 Å². The van der Waals surface area contributed by atoms with Crippen molar-refractivity contribution in [2.45, 2.75) is 93.5 Å². The first-order valence-electron chi connectivity index (χ1n) is 13.3. The van der Waals surface area contributed by atoms with E-state index in [9.17, 15) is 18.3 Å². The van der Waals surface area contributed by atoms with Gasteiger partial charge in [0.15, 0.2) is 5.44 Å². The van der Waals surface area contributed by atoms with Crippen molar-refractivity contribution in [1.82, 2.24) is 15.3 Å². The second kappa shape index (κ2) is 12.4. The Morgan fingerprint density at radius 3 is 2.38 bits per heavy atom. The molecule has 0 radical (unpaired) electrons. The normalized spacial score (nSPS) is 17.0. The number of hydrogen-bond donors (Lipinski definition) is 2. The molecule has 1 aliphatic carbocycles. The molecule has 1 aromatic heterocycles. The first kappa shape index (κ1) is 28.9. The van der Waals surface area contributed by atoms with Gasteiger partial charge in [-0.25, -0.2) is 13.2 Å². The molecular formula is C29H37N3O6S. The average Bonchev–Trinajstić information content (AvgIpc) is 3.40. The SMILES string of the molecule is CC(C)(C)OC(=O)NC(Cc1ccccc1)C(O)CC(OC1CCCC1)S(=O)(=O)c1ccc2nccnc2c1. The molecule has 1 heterocycles. The van der Waals surface area contributed by atoms with E-state index in [1.165, 1.54) is 18.3 Å². The maximum atomic E-state index is 13.9. The van der Waals surface area contributed by atoms with Crippen LogP contribution in [0.1, 0.15) is 58.4 Å². The van der Waals surface area contributed by atoms with Crippen molar-refractivity contribution in [2.75, 3.05) is 0 Å². The van der Waals surface area contributed by atoms with Gasteiger partial charge in [0.05, 0.1) is 34.2 Å². The van der Waals surface area contributed by atoms with E-state index in [4.69, 9.17) is 9.47 Å². The predicted octanol–water partition coefficient (Wildman–Crippen LogP) is 4.58. The molecule has 0 spiro atoms. The van der Waals surface area contributed by atoms with Crippen LogP contribution in [0.4, 0.5) is 4.79 Å². The number of fused-ring (bicyclic) bond motifs is 1. The third-order valence-electron chi connectivity index (χ3n) is 6.66. The molecule has 0 aliphatic heterocycles. The van der Waals surface area contributed by atoms with Gasteiger partial charge in [-0.3, -0.25) is 9.97 Å². The van der Waals surface area contributed by atoms with E-state index in [-0.39, 0.29) is 23.8 Å². The van der Waals surface area contributed by atoms with E-state index in [0.29, 0.717) is 11.0 Å². The summed E-state index contributed by atoms with van der Waals surface area (Å²) in [5, 5.41) is 14.2. The molecule has 210 valence electrons. The lowest BCUT2D eigenvalue weighted by Crippen LogP contribution is -2.48. The van der Waals surface area contributed by atoms with Crippen molar-refractivity contribution >= 4 is 27.0 Å². The quantitative estimate of drug-likeness (QED) is 0.372. The number of aromatic nitrogens is 2. The number of alkyl carbamates (subject to hydrolysis) is 1. The molecule has 1 saturated carbocycles. The lowest BCUT2D eigenvalue weighted by Gasteiger charge is -2.30. The summed E-state index contributed by atoms with van der Waals surface area (Å²) in [6, 6.07) is 13.2. The van der Waals surface area contributed by atoms with E-state index < -0.39 is 39.1 Å². The van der Waals surface area contributed by atoms with Gasteiger partial charge in [0, 0.05) is 18.8 Å². The fraction of sp³-hybridized carbons (Fsp3) is 0.483. The van der Waals surface area contributed by atoms with E-state index in [1.807, 2.05) is 30.3 Å². The van der Waals surface area contributed by atoms with Crippen molar-refractivity contribution in [3.63, 3.8) is 0 Å². The van der Waals surface area contributed by atoms with Crippen molar-refractivity contribution < 1.29 is 27.8 Å². The fourth-order valence-electron chi connectivity index (χ4n) is 4.74. The zero-order chi connectivity index (χ0) is 28.0. The molecule has 10 heteroatoms. The molecule has 1 amide bonds. The molecule has 1 fully saturated rings. The Hall–Kier alpha value is -3.08. The van der Waals surface area contributed by atoms with E-state index >= 15 is 0 Å². The van der Waals surface area contributed by atoms with Crippen molar-refractivity contribution in [3.8, 4) is 0 Å². The molecular weight excluding hydrogens is 518 g/mol. The van der Waals surface area contributed by atoms with Gasteiger partial charge in [-0.1, -0.05) is 43.2 Å². The van der Waals surface area contributed by atoms with Crippen molar-refractivity contribution in [3.05, 3.63) is 66.5 Å². The zero-order valence-corrected chi connectivity index (χ0v) is 23.4. The minimum Gasteiger partial charge on any atom is -0.444 e. The van der Waals surface area contributed by atoms with Crippen LogP contribution in [0.5, 0.6) is 0 Å². The number of ether oxygens (including phenoxy) is 2. The van der Waals surface area contributed by atoms with Gasteiger partial charge in [-0.15, -0.1) is 0 Å². The number of carbonyl (C=O) groups excluding carboxylic acids is 1. The molecule has 4 rings (SSSR count). The maximum Gasteiger partial charge on any atom is 0.407 e. The number of hydrogen-bond acceptors (Lipinski definition) is 8. The monoisotopic (exact) mass is 555 g/mol. The first-order chi connectivity index (χ1) is 18.5. The number of sulfone groups is 1. The highest BCUT2D eigenvalue weighted by Crippen LogP contribution is 2.30. The van der Waals surface area contributed by atoms with Gasteiger partial charge >= 0.3 is 6.09 Å². The van der Waals surface area contributed by atoms with E-state index in [2.05, 4.69) is 15.3 Å². The molecule has 3 aromatic rings. The van der Waals surface area contributed by atoms with Crippen LogP contribution in [0.15, 0.2) is 65.8 Å². The third kappa shape index (κ3) is 7.97. The smallest absolute Gasteiger partial charge is 0.407 e. The van der Waals surface area contributed by atoms with Crippen molar-refractivity contribution in [1.29, 1.82) is 0 Å². The number of aliphatic hydroxyl groups excluding tert-OH is 1. The zero-order valence-electron chi connectivity index (χ0n) is 22.6. The minimum atomic E-state index is -4.03. The number of nitrogens with one attached hydrogen (secondary N) is 1.